The van der Waals surface area contributed by atoms with Crippen LogP contribution in [0.2, 0.25) is 0 Å². The van der Waals surface area contributed by atoms with Gasteiger partial charge in [-0.2, -0.15) is 10.3 Å². The summed E-state index contributed by atoms with van der Waals surface area (Å²) in [7, 11) is 0. The number of amides is 1. The predicted molar refractivity (Wildman–Crippen MR) is 137 cm³/mol. The lowest BCUT2D eigenvalue weighted by molar-refractivity contribution is -0.426. The summed E-state index contributed by atoms with van der Waals surface area (Å²) < 4.78 is 8.36. The molecule has 3 aromatic heterocycles. The molecule has 11 heteroatoms. The Morgan fingerprint density at radius 2 is 2.16 bits per heavy atom. The molecule has 0 radical (unpaired) electrons. The maximum atomic E-state index is 13.3. The third-order valence-corrected chi connectivity index (χ3v) is 5.43. The van der Waals surface area contributed by atoms with Gasteiger partial charge in [-0.05, 0) is 38.0 Å². The van der Waals surface area contributed by atoms with Gasteiger partial charge in [0.25, 0.3) is 17.2 Å². The van der Waals surface area contributed by atoms with E-state index in [0.717, 1.165) is 5.56 Å². The fourth-order valence-electron chi connectivity index (χ4n) is 3.71. The Labute approximate surface area is 212 Å². The highest BCUT2D eigenvalue weighted by Gasteiger charge is 2.18. The number of hydrogen-bond donors (Lipinski definition) is 0. The molecule has 1 amide bonds. The summed E-state index contributed by atoms with van der Waals surface area (Å²) in [5.41, 5.74) is 0.645. The number of pyridine rings is 2. The molecule has 3 heterocycles. The first-order valence-electron chi connectivity index (χ1n) is 11.6. The molecule has 0 aliphatic heterocycles. The van der Waals surface area contributed by atoms with Crippen LogP contribution in [-0.4, -0.2) is 38.0 Å². The summed E-state index contributed by atoms with van der Waals surface area (Å²) in [6.45, 7) is 8.32. The van der Waals surface area contributed by atoms with E-state index in [1.54, 1.807) is 12.3 Å². The SMILES string of the molecule is C=C/C=C/C=C(/CC(=O)N=c1c(C#N)cc2c(=O)n3cccc(C)c3nc2n1CCCOCC)[N+](=O)[O-]. The third-order valence-electron chi connectivity index (χ3n) is 5.43. The van der Waals surface area contributed by atoms with E-state index >= 15 is 0 Å². The van der Waals surface area contributed by atoms with Crippen LogP contribution in [0.1, 0.15) is 30.9 Å². The number of carbonyl (C=O) groups is 1. The van der Waals surface area contributed by atoms with Crippen LogP contribution >= 0.6 is 0 Å². The van der Waals surface area contributed by atoms with Crippen LogP contribution in [0.25, 0.3) is 16.7 Å². The van der Waals surface area contributed by atoms with Crippen molar-refractivity contribution in [3.63, 3.8) is 0 Å². The van der Waals surface area contributed by atoms with Gasteiger partial charge >= 0.3 is 0 Å². The summed E-state index contributed by atoms with van der Waals surface area (Å²) in [5.74, 6) is -0.821. The van der Waals surface area contributed by atoms with E-state index in [2.05, 4.69) is 16.6 Å². The summed E-state index contributed by atoms with van der Waals surface area (Å²) in [5, 5.41) is 21.5. The number of hydrogen-bond acceptors (Lipinski definition) is 7. The lowest BCUT2D eigenvalue weighted by Crippen LogP contribution is -2.30. The second kappa shape index (κ2) is 12.3. The van der Waals surface area contributed by atoms with Gasteiger partial charge in [0.15, 0.2) is 5.49 Å². The zero-order valence-electron chi connectivity index (χ0n) is 20.6. The first-order chi connectivity index (χ1) is 17.8. The van der Waals surface area contributed by atoms with Crippen molar-refractivity contribution < 1.29 is 14.5 Å². The molecule has 0 bridgehead atoms. The van der Waals surface area contributed by atoms with E-state index in [1.165, 1.54) is 39.3 Å². The number of nitrogens with zero attached hydrogens (tertiary/aromatic N) is 6. The Hall–Kier alpha value is -4.69. The summed E-state index contributed by atoms with van der Waals surface area (Å²) in [6.07, 6.45) is 7.01. The number of rotatable bonds is 10. The minimum atomic E-state index is -0.821. The molecule has 0 aliphatic carbocycles. The van der Waals surface area contributed by atoms with Crippen molar-refractivity contribution in [3.8, 4) is 6.07 Å². The number of ether oxygens (including phenoxy) is 1. The molecule has 3 aromatic rings. The van der Waals surface area contributed by atoms with Crippen molar-refractivity contribution in [2.24, 2.45) is 4.99 Å². The minimum Gasteiger partial charge on any atom is -0.382 e. The smallest absolute Gasteiger partial charge is 0.267 e. The van der Waals surface area contributed by atoms with E-state index in [1.807, 2.05) is 26.0 Å². The molecule has 0 unspecified atom stereocenters. The number of fused-ring (bicyclic) bond motifs is 2. The van der Waals surface area contributed by atoms with Crippen molar-refractivity contribution in [1.29, 1.82) is 5.26 Å². The second-order valence-corrected chi connectivity index (χ2v) is 7.95. The predicted octanol–water partition coefficient (Wildman–Crippen LogP) is 2.98. The number of aryl methyl sites for hydroxylation is 2. The van der Waals surface area contributed by atoms with Gasteiger partial charge in [0.05, 0.1) is 15.9 Å². The molecule has 0 saturated carbocycles. The van der Waals surface area contributed by atoms with Gasteiger partial charge in [0.1, 0.15) is 23.8 Å². The van der Waals surface area contributed by atoms with Gasteiger partial charge < -0.3 is 9.30 Å². The normalized spacial score (nSPS) is 12.4. The zero-order chi connectivity index (χ0) is 26.9. The van der Waals surface area contributed by atoms with Crippen LogP contribution in [0.3, 0.4) is 0 Å². The van der Waals surface area contributed by atoms with Crippen molar-refractivity contribution in [3.05, 3.63) is 98.1 Å². The van der Waals surface area contributed by atoms with Gasteiger partial charge in [-0.25, -0.2) is 4.98 Å². The maximum absolute atomic E-state index is 13.3. The van der Waals surface area contributed by atoms with Crippen LogP contribution in [0.4, 0.5) is 0 Å². The van der Waals surface area contributed by atoms with Gasteiger partial charge in [0.2, 0.25) is 0 Å². The van der Waals surface area contributed by atoms with Crippen molar-refractivity contribution in [1.82, 2.24) is 14.0 Å². The van der Waals surface area contributed by atoms with Gasteiger partial charge in [-0.1, -0.05) is 30.9 Å². The average Bonchev–Trinajstić information content (AvgIpc) is 2.87. The number of allylic oxidation sites excluding steroid dienone is 4. The molecule has 0 fully saturated rings. The van der Waals surface area contributed by atoms with Gasteiger partial charge in [-0.3, -0.25) is 24.1 Å². The Morgan fingerprint density at radius 3 is 2.84 bits per heavy atom. The molecule has 0 spiro atoms. The van der Waals surface area contributed by atoms with E-state index < -0.39 is 17.3 Å². The van der Waals surface area contributed by atoms with Crippen molar-refractivity contribution in [2.75, 3.05) is 13.2 Å². The van der Waals surface area contributed by atoms with Gasteiger partial charge in [-0.15, -0.1) is 0 Å². The number of nitriles is 1. The monoisotopic (exact) mass is 502 g/mol. The standard InChI is InChI=1S/C26H26N6O5/c1-4-6-7-11-20(32(35)36)16-22(33)28-24-19(17-27)15-21-25(30(24)13-9-14-37-5-2)29-23-18(3)10-8-12-31(23)26(21)34/h4,6-8,10-12,15H,1,5,9,13-14,16H2,2-3H3/b7-6+,20-11-,28-24?. The lowest BCUT2D eigenvalue weighted by atomic mass is 10.2. The average molecular weight is 503 g/mol. The molecule has 0 aliphatic rings. The summed E-state index contributed by atoms with van der Waals surface area (Å²) in [4.78, 5) is 45.6. The van der Waals surface area contributed by atoms with Crippen LogP contribution < -0.4 is 11.0 Å². The van der Waals surface area contributed by atoms with Crippen LogP contribution in [0.5, 0.6) is 0 Å². The molecular formula is C26H26N6O5. The molecular weight excluding hydrogens is 476 g/mol. The Balaban J connectivity index is 2.28. The Morgan fingerprint density at radius 1 is 1.38 bits per heavy atom. The lowest BCUT2D eigenvalue weighted by Gasteiger charge is -2.14. The Bertz CT molecular complexity index is 1600. The molecule has 11 nitrogen and oxygen atoms in total. The quantitative estimate of drug-likeness (QED) is 0.136. The van der Waals surface area contributed by atoms with Crippen molar-refractivity contribution >= 4 is 22.6 Å². The number of nitro groups is 1. The highest BCUT2D eigenvalue weighted by atomic mass is 16.6. The highest BCUT2D eigenvalue weighted by molar-refractivity contribution is 5.81. The van der Waals surface area contributed by atoms with Crippen molar-refractivity contribution in [2.45, 2.75) is 33.2 Å². The molecule has 0 atom stereocenters. The molecule has 190 valence electrons. The third kappa shape index (κ3) is 6.12. The first kappa shape index (κ1) is 26.9. The molecule has 37 heavy (non-hydrogen) atoms. The number of carbonyl (C=O) groups excluding carboxylic acids is 1. The molecule has 3 rings (SSSR count). The molecule has 0 aromatic carbocycles. The van der Waals surface area contributed by atoms with E-state index in [4.69, 9.17) is 4.74 Å². The highest BCUT2D eigenvalue weighted by Crippen LogP contribution is 2.13. The van der Waals surface area contributed by atoms with E-state index in [-0.39, 0.29) is 39.9 Å². The first-order valence-corrected chi connectivity index (χ1v) is 11.6. The molecule has 0 saturated heterocycles. The van der Waals surface area contributed by atoms with Crippen LogP contribution in [0, 0.1) is 28.4 Å². The maximum Gasteiger partial charge on any atom is 0.267 e. The minimum absolute atomic E-state index is 0.0225. The van der Waals surface area contributed by atoms with E-state index in [0.29, 0.717) is 25.3 Å². The largest absolute Gasteiger partial charge is 0.382 e. The fraction of sp³-hybridized carbons (Fsp3) is 0.269. The number of aromatic nitrogens is 3. The topological polar surface area (TPSA) is 145 Å². The van der Waals surface area contributed by atoms with Gasteiger partial charge in [0, 0.05) is 32.0 Å². The second-order valence-electron chi connectivity index (χ2n) is 7.95. The summed E-state index contributed by atoms with van der Waals surface area (Å²) >= 11 is 0. The van der Waals surface area contributed by atoms with Crippen LogP contribution in [-0.2, 0) is 16.1 Å². The summed E-state index contributed by atoms with van der Waals surface area (Å²) in [6, 6.07) is 6.89. The molecule has 0 N–H and O–H groups in total. The fourth-order valence-corrected chi connectivity index (χ4v) is 3.71. The van der Waals surface area contributed by atoms with E-state index in [9.17, 15) is 25.0 Å². The zero-order valence-corrected chi connectivity index (χ0v) is 20.6. The van der Waals surface area contributed by atoms with Crippen LogP contribution in [0.15, 0.2) is 70.8 Å². The Kier molecular flexibility index (Phi) is 8.96.